The number of nitrogens with one attached hydrogen (secondary N) is 1. The number of rotatable bonds is 9. The van der Waals surface area contributed by atoms with Crippen LogP contribution >= 0.6 is 11.6 Å². The quantitative estimate of drug-likeness (QED) is 0.715. The van der Waals surface area contributed by atoms with Crippen molar-refractivity contribution in [1.82, 2.24) is 5.32 Å². The van der Waals surface area contributed by atoms with E-state index in [1.807, 2.05) is 38.1 Å². The number of benzene rings is 2. The second-order valence-electron chi connectivity index (χ2n) is 5.87. The molecule has 0 bridgehead atoms. The summed E-state index contributed by atoms with van der Waals surface area (Å²) >= 11 is 5.95. The molecule has 2 aromatic carbocycles. The molecule has 1 amide bonds. The lowest BCUT2D eigenvalue weighted by Crippen LogP contribution is -2.44. The van der Waals surface area contributed by atoms with Crippen molar-refractivity contribution in [2.45, 2.75) is 32.4 Å². The van der Waals surface area contributed by atoms with E-state index < -0.39 is 6.10 Å². The Hall–Kier alpha value is -2.40. The third kappa shape index (κ3) is 6.15. The Morgan fingerprint density at radius 3 is 2.42 bits per heavy atom. The van der Waals surface area contributed by atoms with Gasteiger partial charge in [-0.25, -0.2) is 0 Å². The molecule has 0 spiro atoms. The molecule has 6 heteroatoms. The van der Waals surface area contributed by atoms with Crippen LogP contribution in [0.3, 0.4) is 0 Å². The van der Waals surface area contributed by atoms with Crippen molar-refractivity contribution >= 4 is 17.5 Å². The molecule has 1 N–H and O–H groups in total. The third-order valence-electron chi connectivity index (χ3n) is 3.69. The summed E-state index contributed by atoms with van der Waals surface area (Å²) in [6.45, 7) is 4.13. The minimum Gasteiger partial charge on any atom is -0.497 e. The zero-order valence-electron chi connectivity index (χ0n) is 15.2. The first kappa shape index (κ1) is 19.9. The highest BCUT2D eigenvalue weighted by atomic mass is 35.5. The van der Waals surface area contributed by atoms with Gasteiger partial charge in [0.2, 0.25) is 0 Å². The number of halogens is 1. The van der Waals surface area contributed by atoms with Crippen molar-refractivity contribution < 1.29 is 19.0 Å². The van der Waals surface area contributed by atoms with Gasteiger partial charge in [-0.05, 0) is 55.8 Å². The zero-order valence-corrected chi connectivity index (χ0v) is 16.0. The van der Waals surface area contributed by atoms with Gasteiger partial charge < -0.3 is 19.5 Å². The monoisotopic (exact) mass is 377 g/mol. The van der Waals surface area contributed by atoms with Gasteiger partial charge in [0.1, 0.15) is 23.9 Å². The highest BCUT2D eigenvalue weighted by Crippen LogP contribution is 2.19. The average molecular weight is 378 g/mol. The van der Waals surface area contributed by atoms with Crippen molar-refractivity contribution in [3.05, 3.63) is 53.6 Å². The van der Waals surface area contributed by atoms with Crippen molar-refractivity contribution in [3.8, 4) is 17.2 Å². The van der Waals surface area contributed by atoms with Crippen LogP contribution < -0.4 is 19.5 Å². The molecule has 0 saturated heterocycles. The van der Waals surface area contributed by atoms with Gasteiger partial charge in [0.15, 0.2) is 6.10 Å². The Morgan fingerprint density at radius 1 is 1.12 bits per heavy atom. The Labute approximate surface area is 159 Å². The maximum Gasteiger partial charge on any atom is 0.261 e. The minimum atomic E-state index is -0.586. The van der Waals surface area contributed by atoms with Gasteiger partial charge in [-0.1, -0.05) is 24.6 Å². The Balaban J connectivity index is 1.83. The van der Waals surface area contributed by atoms with Crippen LogP contribution in [0.5, 0.6) is 17.2 Å². The first-order valence-corrected chi connectivity index (χ1v) is 8.89. The van der Waals surface area contributed by atoms with Crippen LogP contribution in [-0.2, 0) is 4.79 Å². The van der Waals surface area contributed by atoms with Crippen LogP contribution in [0.1, 0.15) is 20.3 Å². The Morgan fingerprint density at radius 2 is 1.81 bits per heavy atom. The number of methoxy groups -OCH3 is 1. The van der Waals surface area contributed by atoms with Gasteiger partial charge in [0.05, 0.1) is 13.2 Å². The number of carbonyl (C=O) groups excluding carboxylic acids is 1. The standard InChI is InChI=1S/C20H24ClNO4/c1-4-19(26-18-7-5-6-15(21)12-18)20(23)22-14(2)13-25-17-10-8-16(24-3)9-11-17/h5-12,14,19H,4,13H2,1-3H3,(H,22,23)/t14-,19-/m1/s1. The summed E-state index contributed by atoms with van der Waals surface area (Å²) in [6.07, 6.45) is -0.0402. The molecule has 2 atom stereocenters. The van der Waals surface area contributed by atoms with E-state index >= 15 is 0 Å². The van der Waals surface area contributed by atoms with E-state index in [0.717, 1.165) is 5.75 Å². The molecular formula is C20H24ClNO4. The largest absolute Gasteiger partial charge is 0.497 e. The topological polar surface area (TPSA) is 56.8 Å². The second kappa shape index (κ2) is 9.92. The molecular weight excluding hydrogens is 354 g/mol. The fourth-order valence-electron chi connectivity index (χ4n) is 2.30. The lowest BCUT2D eigenvalue weighted by molar-refractivity contribution is -0.128. The average Bonchev–Trinajstić information content (AvgIpc) is 2.64. The minimum absolute atomic E-state index is 0.165. The number of hydrogen-bond acceptors (Lipinski definition) is 4. The smallest absolute Gasteiger partial charge is 0.261 e. The van der Waals surface area contributed by atoms with Crippen LogP contribution in [0.4, 0.5) is 0 Å². The van der Waals surface area contributed by atoms with Gasteiger partial charge in [-0.3, -0.25) is 4.79 Å². The van der Waals surface area contributed by atoms with Crippen molar-refractivity contribution in [3.63, 3.8) is 0 Å². The summed E-state index contributed by atoms with van der Waals surface area (Å²) in [5.41, 5.74) is 0. The lowest BCUT2D eigenvalue weighted by atomic mass is 10.2. The van der Waals surface area contributed by atoms with Crippen molar-refractivity contribution in [2.75, 3.05) is 13.7 Å². The van der Waals surface area contributed by atoms with Crippen LogP contribution in [0.2, 0.25) is 5.02 Å². The number of hydrogen-bond donors (Lipinski definition) is 1. The summed E-state index contributed by atoms with van der Waals surface area (Å²) in [4.78, 5) is 12.4. The van der Waals surface area contributed by atoms with E-state index in [2.05, 4.69) is 5.32 Å². The Bertz CT molecular complexity index is 705. The van der Waals surface area contributed by atoms with Gasteiger partial charge in [0, 0.05) is 5.02 Å². The molecule has 26 heavy (non-hydrogen) atoms. The summed E-state index contributed by atoms with van der Waals surface area (Å²) in [5.74, 6) is 1.87. The first-order valence-electron chi connectivity index (χ1n) is 8.51. The van der Waals surface area contributed by atoms with Gasteiger partial charge in [0.25, 0.3) is 5.91 Å². The number of carbonyl (C=O) groups is 1. The number of ether oxygens (including phenoxy) is 3. The molecule has 0 radical (unpaired) electrons. The third-order valence-corrected chi connectivity index (χ3v) is 3.92. The van der Waals surface area contributed by atoms with Crippen molar-refractivity contribution in [1.29, 1.82) is 0 Å². The lowest BCUT2D eigenvalue weighted by Gasteiger charge is -2.21. The highest BCUT2D eigenvalue weighted by molar-refractivity contribution is 6.30. The van der Waals surface area contributed by atoms with Gasteiger partial charge in [-0.2, -0.15) is 0 Å². The van der Waals surface area contributed by atoms with Crippen LogP contribution in [0.25, 0.3) is 0 Å². The molecule has 0 unspecified atom stereocenters. The van der Waals surface area contributed by atoms with Crippen LogP contribution in [0.15, 0.2) is 48.5 Å². The molecule has 0 aliphatic carbocycles. The summed E-state index contributed by atoms with van der Waals surface area (Å²) in [5, 5.41) is 3.48. The van der Waals surface area contributed by atoms with Crippen LogP contribution in [0, 0.1) is 0 Å². The molecule has 140 valence electrons. The molecule has 0 saturated carbocycles. The fourth-order valence-corrected chi connectivity index (χ4v) is 2.48. The highest BCUT2D eigenvalue weighted by Gasteiger charge is 2.20. The van der Waals surface area contributed by atoms with E-state index in [1.54, 1.807) is 31.4 Å². The molecule has 0 aliphatic rings. The molecule has 0 heterocycles. The van der Waals surface area contributed by atoms with E-state index in [-0.39, 0.29) is 11.9 Å². The maximum atomic E-state index is 12.4. The normalized spacial score (nSPS) is 12.8. The molecule has 0 aliphatic heterocycles. The van der Waals surface area contributed by atoms with E-state index in [4.69, 9.17) is 25.8 Å². The number of amides is 1. The summed E-state index contributed by atoms with van der Waals surface area (Å²) < 4.78 is 16.5. The summed E-state index contributed by atoms with van der Waals surface area (Å²) in [7, 11) is 1.61. The van der Waals surface area contributed by atoms with Crippen molar-refractivity contribution in [2.24, 2.45) is 0 Å². The SMILES string of the molecule is CC[C@@H](Oc1cccc(Cl)c1)C(=O)N[C@H](C)COc1ccc(OC)cc1. The Kier molecular flexibility index (Phi) is 7.60. The zero-order chi connectivity index (χ0) is 18.9. The van der Waals surface area contributed by atoms with E-state index in [0.29, 0.717) is 29.5 Å². The molecule has 0 fully saturated rings. The predicted octanol–water partition coefficient (Wildman–Crippen LogP) is 4.09. The molecule has 2 aromatic rings. The first-order chi connectivity index (χ1) is 12.5. The van der Waals surface area contributed by atoms with E-state index in [1.165, 1.54) is 0 Å². The summed E-state index contributed by atoms with van der Waals surface area (Å²) in [6, 6.07) is 14.1. The molecule has 0 aromatic heterocycles. The molecule has 5 nitrogen and oxygen atoms in total. The molecule has 2 rings (SSSR count). The van der Waals surface area contributed by atoms with Gasteiger partial charge >= 0.3 is 0 Å². The van der Waals surface area contributed by atoms with Crippen LogP contribution in [-0.4, -0.2) is 31.8 Å². The van der Waals surface area contributed by atoms with Gasteiger partial charge in [-0.15, -0.1) is 0 Å². The second-order valence-corrected chi connectivity index (χ2v) is 6.30. The van der Waals surface area contributed by atoms with E-state index in [9.17, 15) is 4.79 Å². The maximum absolute atomic E-state index is 12.4. The fraction of sp³-hybridized carbons (Fsp3) is 0.350. The predicted molar refractivity (Wildman–Crippen MR) is 102 cm³/mol.